The lowest BCUT2D eigenvalue weighted by atomic mass is 9.86. The summed E-state index contributed by atoms with van der Waals surface area (Å²) in [6.07, 6.45) is 10.7. The number of aryl methyl sites for hydroxylation is 1. The Hall–Kier alpha value is -5.25. The highest BCUT2D eigenvalue weighted by Gasteiger charge is 2.46. The topological polar surface area (TPSA) is 110 Å². The summed E-state index contributed by atoms with van der Waals surface area (Å²) in [6.45, 7) is 1.67. The number of benzene rings is 3. The lowest BCUT2D eigenvalue weighted by Crippen LogP contribution is -2.25. The quantitative estimate of drug-likeness (QED) is 0.109. The number of rotatable bonds is 11. The number of carbonyl (C=O) groups excluding carboxylic acids is 2. The molecule has 0 spiro atoms. The predicted molar refractivity (Wildman–Crippen MR) is 179 cm³/mol. The van der Waals surface area contributed by atoms with Crippen LogP contribution in [-0.2, 0) is 16.5 Å². The van der Waals surface area contributed by atoms with Gasteiger partial charge in [0.05, 0.1) is 34.9 Å². The highest BCUT2D eigenvalue weighted by Crippen LogP contribution is 2.55. The zero-order chi connectivity index (χ0) is 33.0. The summed E-state index contributed by atoms with van der Waals surface area (Å²) in [5.41, 5.74) is 5.12. The molecule has 7 rings (SSSR count). The fourth-order valence-electron chi connectivity index (χ4n) is 6.79. The van der Waals surface area contributed by atoms with Crippen molar-refractivity contribution in [1.82, 2.24) is 24.8 Å². The Labute approximate surface area is 279 Å². The van der Waals surface area contributed by atoms with Crippen molar-refractivity contribution in [2.75, 3.05) is 6.79 Å². The molecular weight excluding hydrogens is 606 g/mol. The molecule has 2 aromatic heterocycles. The van der Waals surface area contributed by atoms with Crippen LogP contribution in [-0.4, -0.2) is 49.6 Å². The van der Waals surface area contributed by atoms with E-state index < -0.39 is 18.7 Å². The van der Waals surface area contributed by atoms with Crippen molar-refractivity contribution in [2.24, 2.45) is 13.0 Å². The Kier molecular flexibility index (Phi) is 9.05. The fraction of sp³-hybridized carbons (Fsp3) is 0.342. The molecule has 2 aliphatic rings. The van der Waals surface area contributed by atoms with Crippen molar-refractivity contribution in [2.45, 2.75) is 63.4 Å². The van der Waals surface area contributed by atoms with Gasteiger partial charge < -0.3 is 14.2 Å². The van der Waals surface area contributed by atoms with Crippen LogP contribution in [0.15, 0.2) is 91.3 Å². The van der Waals surface area contributed by atoms with Crippen LogP contribution in [0.5, 0.6) is 5.75 Å². The third-order valence-electron chi connectivity index (χ3n) is 9.45. The zero-order valence-electron chi connectivity index (χ0n) is 27.2. The molecule has 2 saturated carbocycles. The average Bonchev–Trinajstić information content (AvgIpc) is 3.57. The normalized spacial score (nSPS) is 18.2. The summed E-state index contributed by atoms with van der Waals surface area (Å²) >= 11 is 0. The summed E-state index contributed by atoms with van der Waals surface area (Å²) < 4.78 is 20.6. The Morgan fingerprint density at radius 2 is 1.62 bits per heavy atom. The van der Waals surface area contributed by atoms with Gasteiger partial charge >= 0.3 is 11.9 Å². The molecule has 1 unspecified atom stereocenters. The van der Waals surface area contributed by atoms with Crippen LogP contribution in [0.2, 0.25) is 0 Å². The SMILES string of the molecule is CC(Oc1cccc(-c2cccc(-n3ncc(C(=O)OCOC(=O)c4ccccc4)c3[C@@H]3C[C@H]3c3cn(C)nn3)c2)c1)C1CCCCC1. The molecule has 48 heavy (non-hydrogen) atoms. The highest BCUT2D eigenvalue weighted by atomic mass is 16.7. The van der Waals surface area contributed by atoms with E-state index in [0.717, 1.165) is 40.4 Å². The number of aromatic nitrogens is 5. The smallest absolute Gasteiger partial charge is 0.344 e. The van der Waals surface area contributed by atoms with E-state index in [1.807, 2.05) is 48.3 Å². The Bertz CT molecular complexity index is 1890. The van der Waals surface area contributed by atoms with E-state index in [0.29, 0.717) is 17.0 Å². The molecule has 0 radical (unpaired) electrons. The van der Waals surface area contributed by atoms with E-state index in [9.17, 15) is 9.59 Å². The van der Waals surface area contributed by atoms with Crippen molar-refractivity contribution < 1.29 is 23.8 Å². The minimum absolute atomic E-state index is 0.0275. The maximum absolute atomic E-state index is 13.4. The first-order chi connectivity index (χ1) is 23.4. The molecule has 10 heteroatoms. The maximum atomic E-state index is 13.4. The summed E-state index contributed by atoms with van der Waals surface area (Å²) in [5.74, 6) is 0.321. The molecule has 2 heterocycles. The van der Waals surface area contributed by atoms with Crippen molar-refractivity contribution >= 4 is 11.9 Å². The van der Waals surface area contributed by atoms with Gasteiger partial charge in [0.25, 0.3) is 0 Å². The predicted octanol–water partition coefficient (Wildman–Crippen LogP) is 7.26. The highest BCUT2D eigenvalue weighted by molar-refractivity contribution is 5.92. The van der Waals surface area contributed by atoms with Gasteiger partial charge in [-0.3, -0.25) is 4.68 Å². The van der Waals surface area contributed by atoms with Crippen LogP contribution >= 0.6 is 0 Å². The van der Waals surface area contributed by atoms with Gasteiger partial charge in [-0.25, -0.2) is 14.3 Å². The van der Waals surface area contributed by atoms with Crippen LogP contribution in [0, 0.1) is 5.92 Å². The van der Waals surface area contributed by atoms with Crippen LogP contribution in [0.4, 0.5) is 0 Å². The third-order valence-corrected chi connectivity index (χ3v) is 9.45. The summed E-state index contributed by atoms with van der Waals surface area (Å²) in [4.78, 5) is 25.8. The summed E-state index contributed by atoms with van der Waals surface area (Å²) in [6, 6.07) is 24.9. The molecule has 0 bridgehead atoms. The summed E-state index contributed by atoms with van der Waals surface area (Å²) in [7, 11) is 1.83. The van der Waals surface area contributed by atoms with Gasteiger partial charge in [-0.05, 0) is 79.6 Å². The van der Waals surface area contributed by atoms with Gasteiger partial charge in [0.1, 0.15) is 11.3 Å². The van der Waals surface area contributed by atoms with Crippen molar-refractivity contribution in [3.63, 3.8) is 0 Å². The van der Waals surface area contributed by atoms with E-state index in [2.05, 4.69) is 46.6 Å². The maximum Gasteiger partial charge on any atom is 0.344 e. The molecule has 0 amide bonds. The molecule has 10 nitrogen and oxygen atoms in total. The molecular formula is C38H39N5O5. The molecule has 2 fully saturated rings. The van der Waals surface area contributed by atoms with Gasteiger partial charge in [0.2, 0.25) is 6.79 Å². The van der Waals surface area contributed by atoms with Crippen molar-refractivity contribution in [3.05, 3.63) is 114 Å². The number of carbonyl (C=O) groups is 2. The standard InChI is InChI=1S/C38H39N5O5/c1-25(26-11-5-3-6-12-26)48-31-18-10-16-29(20-31)28-15-9-17-30(19-28)43-36(33-21-32(33)35-23-42(2)41-40-35)34(22-39-43)38(45)47-24-46-37(44)27-13-7-4-8-14-27/h4,7-10,13-20,22-23,25-26,32-33H,3,5-6,11-12,21,24H2,1-2H3/t25?,32-,33-/m1/s1. The number of hydrogen-bond acceptors (Lipinski definition) is 8. The van der Waals surface area contributed by atoms with Gasteiger partial charge in [0.15, 0.2) is 0 Å². The largest absolute Gasteiger partial charge is 0.490 e. The Morgan fingerprint density at radius 1 is 0.875 bits per heavy atom. The first-order valence-electron chi connectivity index (χ1n) is 16.7. The van der Waals surface area contributed by atoms with E-state index >= 15 is 0 Å². The van der Waals surface area contributed by atoms with Gasteiger partial charge in [-0.2, -0.15) is 5.10 Å². The fourth-order valence-corrected chi connectivity index (χ4v) is 6.79. The first kappa shape index (κ1) is 31.4. The molecule has 3 aromatic carbocycles. The Morgan fingerprint density at radius 3 is 2.40 bits per heavy atom. The molecule has 5 aromatic rings. The lowest BCUT2D eigenvalue weighted by molar-refractivity contribution is -0.0168. The number of nitrogens with zero attached hydrogens (tertiary/aromatic N) is 5. The molecule has 3 atom stereocenters. The molecule has 246 valence electrons. The first-order valence-corrected chi connectivity index (χ1v) is 16.7. The van der Waals surface area contributed by atoms with E-state index in [1.54, 1.807) is 28.9 Å². The number of ether oxygens (including phenoxy) is 3. The molecule has 0 aliphatic heterocycles. The van der Waals surface area contributed by atoms with Crippen LogP contribution < -0.4 is 4.74 Å². The Balaban J connectivity index is 1.13. The van der Waals surface area contributed by atoms with E-state index in [1.165, 1.54) is 38.3 Å². The second kappa shape index (κ2) is 13.9. The van der Waals surface area contributed by atoms with Crippen LogP contribution in [0.1, 0.15) is 89.4 Å². The van der Waals surface area contributed by atoms with Crippen LogP contribution in [0.3, 0.4) is 0 Å². The lowest BCUT2D eigenvalue weighted by Gasteiger charge is -2.28. The van der Waals surface area contributed by atoms with Gasteiger partial charge in [-0.1, -0.05) is 66.9 Å². The molecule has 0 saturated heterocycles. The molecule has 2 aliphatic carbocycles. The summed E-state index contributed by atoms with van der Waals surface area (Å²) in [5, 5.41) is 13.1. The zero-order valence-corrected chi connectivity index (χ0v) is 27.2. The monoisotopic (exact) mass is 645 g/mol. The van der Waals surface area contributed by atoms with Crippen molar-refractivity contribution in [3.8, 4) is 22.6 Å². The second-order valence-corrected chi connectivity index (χ2v) is 12.8. The van der Waals surface area contributed by atoms with E-state index in [4.69, 9.17) is 14.2 Å². The molecule has 0 N–H and O–H groups in total. The number of hydrogen-bond donors (Lipinski definition) is 0. The average molecular weight is 646 g/mol. The van der Waals surface area contributed by atoms with Gasteiger partial charge in [0, 0.05) is 25.1 Å². The van der Waals surface area contributed by atoms with Gasteiger partial charge in [-0.15, -0.1) is 5.10 Å². The second-order valence-electron chi connectivity index (χ2n) is 12.8. The third kappa shape index (κ3) is 6.88. The van der Waals surface area contributed by atoms with Crippen molar-refractivity contribution in [1.29, 1.82) is 0 Å². The minimum atomic E-state index is -0.616. The van der Waals surface area contributed by atoms with E-state index in [-0.39, 0.29) is 17.9 Å². The van der Waals surface area contributed by atoms with Crippen LogP contribution in [0.25, 0.3) is 16.8 Å². The number of esters is 2. The minimum Gasteiger partial charge on any atom is -0.490 e.